The molecule has 0 aliphatic carbocycles. The van der Waals surface area contributed by atoms with Crippen LogP contribution < -0.4 is 5.32 Å². The van der Waals surface area contributed by atoms with Crippen LogP contribution in [0.25, 0.3) is 0 Å². The Morgan fingerprint density at radius 2 is 1.69 bits per heavy atom. The zero-order valence-electron chi connectivity index (χ0n) is 21.8. The lowest BCUT2D eigenvalue weighted by Crippen LogP contribution is -2.56. The second-order valence-electron chi connectivity index (χ2n) is 11.7. The van der Waals surface area contributed by atoms with E-state index in [9.17, 15) is 19.5 Å². The predicted molar refractivity (Wildman–Crippen MR) is 137 cm³/mol. The summed E-state index contributed by atoms with van der Waals surface area (Å²) in [5.74, 6) is -0.790. The SMILES string of the molecule is CC(C)[C@@H](NC(=O)[C@@H]1CCN(C(=O)C(C)(C)O)C1)C(=O)N1CC[C@H](c2ccc(Cl)cc2)C(C)(C)C1. The number of piperidine rings is 1. The Morgan fingerprint density at radius 1 is 1.09 bits per heavy atom. The van der Waals surface area contributed by atoms with Gasteiger partial charge in [-0.25, -0.2) is 0 Å². The standard InChI is InChI=1S/C27H40ClN3O4/c1-17(2)22(29-23(32)19-11-13-30(15-19)25(34)27(5,6)35)24(33)31-14-12-21(26(3,4)16-31)18-7-9-20(28)10-8-18/h7-10,17,19,21-22,35H,11-16H2,1-6H3,(H,29,32)/t19-,21-,22-/m1/s1. The molecule has 3 rings (SSSR count). The first-order valence-corrected chi connectivity index (χ1v) is 12.9. The zero-order chi connectivity index (χ0) is 26.1. The molecule has 2 heterocycles. The number of benzene rings is 1. The summed E-state index contributed by atoms with van der Waals surface area (Å²) in [6.07, 6.45) is 1.36. The minimum Gasteiger partial charge on any atom is -0.381 e. The zero-order valence-corrected chi connectivity index (χ0v) is 22.6. The van der Waals surface area contributed by atoms with Crippen molar-refractivity contribution in [3.8, 4) is 0 Å². The van der Waals surface area contributed by atoms with Gasteiger partial charge in [0, 0.05) is 31.2 Å². The number of aliphatic hydroxyl groups is 1. The van der Waals surface area contributed by atoms with Gasteiger partial charge in [0.1, 0.15) is 11.6 Å². The molecular weight excluding hydrogens is 466 g/mol. The maximum absolute atomic E-state index is 13.6. The van der Waals surface area contributed by atoms with E-state index in [0.717, 1.165) is 6.42 Å². The van der Waals surface area contributed by atoms with E-state index in [0.29, 0.717) is 37.0 Å². The minimum atomic E-state index is -1.47. The average molecular weight is 506 g/mol. The molecule has 0 bridgehead atoms. The van der Waals surface area contributed by atoms with Crippen molar-refractivity contribution >= 4 is 29.3 Å². The fourth-order valence-electron chi connectivity index (χ4n) is 5.38. The number of nitrogens with one attached hydrogen (secondary N) is 1. The third kappa shape index (κ3) is 6.36. The Labute approximate surface area is 214 Å². The highest BCUT2D eigenvalue weighted by Crippen LogP contribution is 2.42. The Balaban J connectivity index is 1.64. The normalized spacial score (nSPS) is 23.3. The van der Waals surface area contributed by atoms with Gasteiger partial charge in [-0.3, -0.25) is 14.4 Å². The van der Waals surface area contributed by atoms with E-state index in [1.807, 2.05) is 30.9 Å². The largest absolute Gasteiger partial charge is 0.381 e. The molecule has 0 unspecified atom stereocenters. The van der Waals surface area contributed by atoms with Crippen LogP contribution in [0.5, 0.6) is 0 Å². The van der Waals surface area contributed by atoms with E-state index in [1.165, 1.54) is 24.3 Å². The lowest BCUT2D eigenvalue weighted by Gasteiger charge is -2.45. The van der Waals surface area contributed by atoms with Crippen molar-refractivity contribution in [2.24, 2.45) is 17.3 Å². The first-order valence-electron chi connectivity index (χ1n) is 12.6. The molecule has 2 saturated heterocycles. The van der Waals surface area contributed by atoms with Crippen LogP contribution in [0.4, 0.5) is 0 Å². The second kappa shape index (κ2) is 10.5. The van der Waals surface area contributed by atoms with Gasteiger partial charge in [0.25, 0.3) is 5.91 Å². The van der Waals surface area contributed by atoms with Crippen LogP contribution in [0.1, 0.15) is 65.9 Å². The van der Waals surface area contributed by atoms with Crippen molar-refractivity contribution in [2.75, 3.05) is 26.2 Å². The van der Waals surface area contributed by atoms with Crippen LogP contribution in [0.15, 0.2) is 24.3 Å². The molecule has 0 radical (unpaired) electrons. The molecule has 3 amide bonds. The van der Waals surface area contributed by atoms with Gasteiger partial charge >= 0.3 is 0 Å². The van der Waals surface area contributed by atoms with Crippen molar-refractivity contribution in [3.63, 3.8) is 0 Å². The van der Waals surface area contributed by atoms with E-state index in [2.05, 4.69) is 31.3 Å². The van der Waals surface area contributed by atoms with Crippen molar-refractivity contribution in [1.82, 2.24) is 15.1 Å². The van der Waals surface area contributed by atoms with Crippen LogP contribution >= 0.6 is 11.6 Å². The summed E-state index contributed by atoms with van der Waals surface area (Å²) in [5, 5.41) is 13.7. The molecule has 1 aromatic rings. The lowest BCUT2D eigenvalue weighted by atomic mass is 9.70. The average Bonchev–Trinajstić information content (AvgIpc) is 3.26. The van der Waals surface area contributed by atoms with Crippen molar-refractivity contribution in [1.29, 1.82) is 0 Å². The summed E-state index contributed by atoms with van der Waals surface area (Å²) in [4.78, 5) is 42.4. The second-order valence-corrected chi connectivity index (χ2v) is 12.1. The molecule has 8 heteroatoms. The summed E-state index contributed by atoms with van der Waals surface area (Å²) in [6.45, 7) is 13.1. The van der Waals surface area contributed by atoms with Gasteiger partial charge in [-0.05, 0) is 61.6 Å². The molecule has 0 aromatic heterocycles. The van der Waals surface area contributed by atoms with Gasteiger partial charge in [-0.1, -0.05) is 51.4 Å². The Bertz CT molecular complexity index is 939. The fourth-order valence-corrected chi connectivity index (χ4v) is 5.51. The van der Waals surface area contributed by atoms with Gasteiger partial charge in [-0.2, -0.15) is 0 Å². The summed E-state index contributed by atoms with van der Waals surface area (Å²) < 4.78 is 0. The first-order chi connectivity index (χ1) is 16.2. The molecule has 7 nitrogen and oxygen atoms in total. The first kappa shape index (κ1) is 27.5. The maximum atomic E-state index is 13.6. The summed E-state index contributed by atoms with van der Waals surface area (Å²) in [7, 11) is 0. The van der Waals surface area contributed by atoms with Crippen LogP contribution in [0.2, 0.25) is 5.02 Å². The van der Waals surface area contributed by atoms with Crippen molar-refractivity contribution in [2.45, 2.75) is 71.9 Å². The molecule has 2 aliphatic heterocycles. The van der Waals surface area contributed by atoms with Gasteiger partial charge in [0.2, 0.25) is 11.8 Å². The number of amides is 3. The van der Waals surface area contributed by atoms with E-state index >= 15 is 0 Å². The number of halogens is 1. The highest BCUT2D eigenvalue weighted by Gasteiger charge is 2.42. The summed E-state index contributed by atoms with van der Waals surface area (Å²) >= 11 is 6.06. The summed E-state index contributed by atoms with van der Waals surface area (Å²) in [6, 6.07) is 7.33. The number of hydrogen-bond donors (Lipinski definition) is 2. The number of nitrogens with zero attached hydrogens (tertiary/aromatic N) is 2. The third-order valence-corrected chi connectivity index (χ3v) is 7.67. The van der Waals surface area contributed by atoms with Crippen molar-refractivity contribution in [3.05, 3.63) is 34.9 Å². The van der Waals surface area contributed by atoms with Crippen LogP contribution in [0, 0.1) is 17.3 Å². The van der Waals surface area contributed by atoms with Crippen molar-refractivity contribution < 1.29 is 19.5 Å². The monoisotopic (exact) mass is 505 g/mol. The van der Waals surface area contributed by atoms with Gasteiger partial charge in [-0.15, -0.1) is 0 Å². The molecule has 2 fully saturated rings. The molecule has 194 valence electrons. The Hall–Kier alpha value is -2.12. The number of carbonyl (C=O) groups excluding carboxylic acids is 3. The number of hydrogen-bond acceptors (Lipinski definition) is 4. The molecule has 0 saturated carbocycles. The topological polar surface area (TPSA) is 90.0 Å². The van der Waals surface area contributed by atoms with E-state index in [4.69, 9.17) is 11.6 Å². The molecular formula is C27H40ClN3O4. The van der Waals surface area contributed by atoms with E-state index < -0.39 is 11.6 Å². The fraction of sp³-hybridized carbons (Fsp3) is 0.667. The Morgan fingerprint density at radius 3 is 2.23 bits per heavy atom. The number of carbonyl (C=O) groups is 3. The molecule has 2 N–H and O–H groups in total. The Kier molecular flexibility index (Phi) is 8.22. The van der Waals surface area contributed by atoms with E-state index in [1.54, 1.807) is 0 Å². The maximum Gasteiger partial charge on any atom is 0.253 e. The molecule has 3 atom stereocenters. The minimum absolute atomic E-state index is 0.0570. The number of likely N-dealkylation sites (tertiary alicyclic amines) is 2. The predicted octanol–water partition coefficient (Wildman–Crippen LogP) is 3.44. The lowest BCUT2D eigenvalue weighted by molar-refractivity contribution is -0.147. The van der Waals surface area contributed by atoms with Crippen LogP contribution in [-0.4, -0.2) is 70.4 Å². The molecule has 1 aromatic carbocycles. The van der Waals surface area contributed by atoms with Gasteiger partial charge < -0.3 is 20.2 Å². The summed E-state index contributed by atoms with van der Waals surface area (Å²) in [5.41, 5.74) is -0.365. The quantitative estimate of drug-likeness (QED) is 0.619. The van der Waals surface area contributed by atoms with Crippen LogP contribution in [0.3, 0.4) is 0 Å². The number of rotatable bonds is 6. The third-order valence-electron chi connectivity index (χ3n) is 7.41. The van der Waals surface area contributed by atoms with Gasteiger partial charge in [0.15, 0.2) is 0 Å². The highest BCUT2D eigenvalue weighted by molar-refractivity contribution is 6.30. The van der Waals surface area contributed by atoms with E-state index in [-0.39, 0.29) is 41.5 Å². The highest BCUT2D eigenvalue weighted by atomic mass is 35.5. The van der Waals surface area contributed by atoms with Crippen LogP contribution in [-0.2, 0) is 14.4 Å². The smallest absolute Gasteiger partial charge is 0.253 e. The van der Waals surface area contributed by atoms with Gasteiger partial charge in [0.05, 0.1) is 5.92 Å². The molecule has 0 spiro atoms. The molecule has 35 heavy (non-hydrogen) atoms. The molecule has 2 aliphatic rings.